The van der Waals surface area contributed by atoms with Gasteiger partial charge in [0, 0.05) is 24.0 Å². The van der Waals surface area contributed by atoms with Crippen molar-refractivity contribution in [3.63, 3.8) is 0 Å². The number of aromatic nitrogens is 1. The van der Waals surface area contributed by atoms with Gasteiger partial charge in [0.1, 0.15) is 11.6 Å². The third-order valence-corrected chi connectivity index (χ3v) is 2.06. The summed E-state index contributed by atoms with van der Waals surface area (Å²) in [5.41, 5.74) is 0.671. The number of benzene rings is 1. The molecule has 2 aromatic rings. The minimum absolute atomic E-state index is 0.161. The lowest BCUT2D eigenvalue weighted by molar-refractivity contribution is 0.262. The number of phenols is 1. The van der Waals surface area contributed by atoms with Crippen LogP contribution in [0.2, 0.25) is 0 Å². The highest BCUT2D eigenvalue weighted by Crippen LogP contribution is 2.18. The number of aromatic hydroxyl groups is 1. The molecule has 0 atom stereocenters. The van der Waals surface area contributed by atoms with E-state index in [0.29, 0.717) is 5.69 Å². The second kappa shape index (κ2) is 5.13. The first-order chi connectivity index (χ1) is 8.63. The molecule has 3 N–H and O–H groups in total. The zero-order chi connectivity index (χ0) is 13.0. The molecule has 2 amide bonds. The van der Waals surface area contributed by atoms with Crippen LogP contribution >= 0.6 is 0 Å². The van der Waals surface area contributed by atoms with Gasteiger partial charge in [0.25, 0.3) is 0 Å². The monoisotopic (exact) mass is 247 g/mol. The molecule has 0 bridgehead atoms. The third-order valence-electron chi connectivity index (χ3n) is 2.06. The zero-order valence-electron chi connectivity index (χ0n) is 9.22. The molecular formula is C12H10FN3O2. The van der Waals surface area contributed by atoms with Gasteiger partial charge in [-0.15, -0.1) is 0 Å². The number of hydrogen-bond donors (Lipinski definition) is 3. The molecular weight excluding hydrogens is 237 g/mol. The van der Waals surface area contributed by atoms with E-state index in [1.807, 2.05) is 0 Å². The Morgan fingerprint density at radius 3 is 2.67 bits per heavy atom. The molecule has 18 heavy (non-hydrogen) atoms. The Hall–Kier alpha value is -2.63. The molecule has 92 valence electrons. The van der Waals surface area contributed by atoms with Crippen LogP contribution in [-0.2, 0) is 0 Å². The summed E-state index contributed by atoms with van der Waals surface area (Å²) < 4.78 is 13.0. The highest BCUT2D eigenvalue weighted by atomic mass is 19.1. The largest absolute Gasteiger partial charge is 0.508 e. The maximum absolute atomic E-state index is 13.0. The van der Waals surface area contributed by atoms with Gasteiger partial charge in [0.05, 0.1) is 11.9 Å². The first-order valence-electron chi connectivity index (χ1n) is 5.11. The molecule has 0 radical (unpaired) electrons. The summed E-state index contributed by atoms with van der Waals surface area (Å²) in [4.78, 5) is 15.4. The van der Waals surface area contributed by atoms with Gasteiger partial charge in [-0.2, -0.15) is 0 Å². The molecule has 0 spiro atoms. The second-order valence-corrected chi connectivity index (χ2v) is 3.52. The summed E-state index contributed by atoms with van der Waals surface area (Å²) in [5, 5.41) is 14.1. The van der Waals surface area contributed by atoms with E-state index in [9.17, 15) is 14.3 Å². The van der Waals surface area contributed by atoms with Crippen LogP contribution < -0.4 is 10.6 Å². The van der Waals surface area contributed by atoms with Gasteiger partial charge >= 0.3 is 6.03 Å². The quantitative estimate of drug-likeness (QED) is 0.763. The van der Waals surface area contributed by atoms with Gasteiger partial charge < -0.3 is 15.7 Å². The summed E-state index contributed by atoms with van der Waals surface area (Å²) in [6.45, 7) is 0. The highest BCUT2D eigenvalue weighted by molar-refractivity contribution is 5.99. The van der Waals surface area contributed by atoms with Gasteiger partial charge in [-0.05, 0) is 18.2 Å². The molecule has 1 heterocycles. The van der Waals surface area contributed by atoms with Crippen LogP contribution in [0.5, 0.6) is 5.75 Å². The van der Waals surface area contributed by atoms with Crippen LogP contribution in [-0.4, -0.2) is 16.1 Å². The van der Waals surface area contributed by atoms with E-state index >= 15 is 0 Å². The van der Waals surface area contributed by atoms with Crippen molar-refractivity contribution in [3.8, 4) is 5.75 Å². The number of nitrogens with zero attached hydrogens (tertiary/aromatic N) is 1. The van der Waals surface area contributed by atoms with Crippen molar-refractivity contribution in [2.75, 3.05) is 10.6 Å². The minimum atomic E-state index is -0.633. The molecule has 6 heteroatoms. The molecule has 1 aromatic heterocycles. The maximum Gasteiger partial charge on any atom is 0.323 e. The number of phenolic OH excluding ortho intramolecular Hbond substituents is 1. The standard InChI is InChI=1S/C12H10FN3O2/c13-8-4-10(6-11(17)5-8)16-12(18)15-9-2-1-3-14-7-9/h1-7,17H,(H2,15,16,18). The van der Waals surface area contributed by atoms with Crippen LogP contribution in [0.4, 0.5) is 20.6 Å². The Kier molecular flexibility index (Phi) is 3.38. The van der Waals surface area contributed by atoms with E-state index < -0.39 is 11.8 Å². The number of carbonyl (C=O) groups excluding carboxylic acids is 1. The van der Waals surface area contributed by atoms with Crippen molar-refractivity contribution < 1.29 is 14.3 Å². The van der Waals surface area contributed by atoms with E-state index in [1.54, 1.807) is 18.3 Å². The van der Waals surface area contributed by atoms with Crippen molar-refractivity contribution in [1.29, 1.82) is 0 Å². The van der Waals surface area contributed by atoms with Crippen LogP contribution in [0.3, 0.4) is 0 Å². The van der Waals surface area contributed by atoms with Crippen molar-refractivity contribution in [3.05, 3.63) is 48.5 Å². The van der Waals surface area contributed by atoms with E-state index in [4.69, 9.17) is 0 Å². The van der Waals surface area contributed by atoms with Crippen LogP contribution in [0.25, 0.3) is 0 Å². The molecule has 0 unspecified atom stereocenters. The molecule has 0 fully saturated rings. The van der Waals surface area contributed by atoms with Gasteiger partial charge in [-0.1, -0.05) is 0 Å². The van der Waals surface area contributed by atoms with Crippen molar-refractivity contribution in [2.45, 2.75) is 0 Å². The lowest BCUT2D eigenvalue weighted by atomic mass is 10.3. The summed E-state index contributed by atoms with van der Waals surface area (Å²) in [5.74, 6) is -0.890. The second-order valence-electron chi connectivity index (χ2n) is 3.52. The predicted octanol–water partition coefficient (Wildman–Crippen LogP) is 2.57. The summed E-state index contributed by atoms with van der Waals surface area (Å²) >= 11 is 0. The Morgan fingerprint density at radius 1 is 1.22 bits per heavy atom. The topological polar surface area (TPSA) is 74.2 Å². The maximum atomic E-state index is 13.0. The van der Waals surface area contributed by atoms with Crippen LogP contribution in [0, 0.1) is 5.82 Å². The number of nitrogens with one attached hydrogen (secondary N) is 2. The van der Waals surface area contributed by atoms with Gasteiger partial charge in [0.15, 0.2) is 0 Å². The Balaban J connectivity index is 2.03. The fraction of sp³-hybridized carbons (Fsp3) is 0. The first-order valence-corrected chi connectivity index (χ1v) is 5.11. The number of hydrogen-bond acceptors (Lipinski definition) is 3. The first kappa shape index (κ1) is 11.8. The summed E-state index contributed by atoms with van der Waals surface area (Å²) in [6, 6.07) is 6.07. The number of pyridine rings is 1. The molecule has 0 saturated carbocycles. The average molecular weight is 247 g/mol. The van der Waals surface area contributed by atoms with Crippen molar-refractivity contribution in [2.24, 2.45) is 0 Å². The minimum Gasteiger partial charge on any atom is -0.508 e. The summed E-state index contributed by atoms with van der Waals surface area (Å²) in [6.07, 6.45) is 3.05. The fourth-order valence-electron chi connectivity index (χ4n) is 1.38. The zero-order valence-corrected chi connectivity index (χ0v) is 9.22. The van der Waals surface area contributed by atoms with E-state index in [0.717, 1.165) is 12.1 Å². The average Bonchev–Trinajstić information content (AvgIpc) is 2.28. The number of anilines is 2. The fourth-order valence-corrected chi connectivity index (χ4v) is 1.38. The molecule has 0 aliphatic heterocycles. The summed E-state index contributed by atoms with van der Waals surface area (Å²) in [7, 11) is 0. The van der Waals surface area contributed by atoms with E-state index in [2.05, 4.69) is 15.6 Å². The van der Waals surface area contributed by atoms with Crippen molar-refractivity contribution in [1.82, 2.24) is 4.98 Å². The predicted molar refractivity (Wildman–Crippen MR) is 64.9 cm³/mol. The normalized spacial score (nSPS) is 9.83. The number of rotatable bonds is 2. The third kappa shape index (κ3) is 3.18. The highest BCUT2D eigenvalue weighted by Gasteiger charge is 2.05. The number of carbonyl (C=O) groups is 1. The van der Waals surface area contributed by atoms with Gasteiger partial charge in [0.2, 0.25) is 0 Å². The Morgan fingerprint density at radius 2 is 2.00 bits per heavy atom. The molecule has 1 aromatic carbocycles. The Bertz CT molecular complexity index is 540. The molecule has 2 rings (SSSR count). The van der Waals surface area contributed by atoms with Gasteiger partial charge in [-0.25, -0.2) is 9.18 Å². The lowest BCUT2D eigenvalue weighted by Crippen LogP contribution is -2.19. The van der Waals surface area contributed by atoms with Crippen molar-refractivity contribution >= 4 is 17.4 Å². The van der Waals surface area contributed by atoms with Gasteiger partial charge in [-0.3, -0.25) is 4.98 Å². The molecule has 0 aliphatic rings. The number of amides is 2. The van der Waals surface area contributed by atoms with Crippen LogP contribution in [0.1, 0.15) is 0 Å². The molecule has 5 nitrogen and oxygen atoms in total. The number of halogens is 1. The Labute approximate surface area is 102 Å². The van der Waals surface area contributed by atoms with E-state index in [-0.39, 0.29) is 11.4 Å². The SMILES string of the molecule is O=C(Nc1cccnc1)Nc1cc(O)cc(F)c1. The van der Waals surface area contributed by atoms with Crippen LogP contribution in [0.15, 0.2) is 42.7 Å². The lowest BCUT2D eigenvalue weighted by Gasteiger charge is -2.07. The smallest absolute Gasteiger partial charge is 0.323 e. The molecule has 0 aliphatic carbocycles. The molecule has 0 saturated heterocycles. The van der Waals surface area contributed by atoms with E-state index in [1.165, 1.54) is 12.3 Å². The number of urea groups is 1.